The highest BCUT2D eigenvalue weighted by atomic mass is 35.5. The van der Waals surface area contributed by atoms with E-state index in [0.717, 1.165) is 61.1 Å². The molecule has 1 unspecified atom stereocenters. The van der Waals surface area contributed by atoms with E-state index in [0.29, 0.717) is 11.3 Å². The fourth-order valence-electron chi connectivity index (χ4n) is 8.42. The van der Waals surface area contributed by atoms with Crippen molar-refractivity contribution in [1.82, 2.24) is 24.8 Å². The monoisotopic (exact) mass is 742 g/mol. The summed E-state index contributed by atoms with van der Waals surface area (Å²) < 4.78 is 69.1. The standard InChI is InChI=1S/C33H31ClF4N10O2S/c34-20-11-18-25(24(36)23(20)17-3-4-21(35)26-22(17)19(12-39)27(41)51-26)43-29(50-15-31-5-1-8-46(31)9-2-6-31)44-28(18)45-10-7-32(13-45)33(37,38)14-47(32)30(49)48(42)16-40/h3-4,11,16,40H,1-2,5-10,13-15,41-42H2. The molecule has 8 rings (SSSR count). The Hall–Kier alpha value is -4.50. The molecule has 4 fully saturated rings. The van der Waals surface area contributed by atoms with Gasteiger partial charge in [-0.1, -0.05) is 17.7 Å². The van der Waals surface area contributed by atoms with Crippen LogP contribution in [0.1, 0.15) is 37.7 Å². The van der Waals surface area contributed by atoms with Crippen LogP contribution in [0, 0.1) is 28.4 Å². The van der Waals surface area contributed by atoms with Gasteiger partial charge in [-0.3, -0.25) is 10.3 Å². The number of hydrogen-bond acceptors (Lipinski definition) is 11. The lowest BCUT2D eigenvalue weighted by Crippen LogP contribution is -2.79. The van der Waals surface area contributed by atoms with Crippen molar-refractivity contribution in [2.24, 2.45) is 5.84 Å². The highest BCUT2D eigenvalue weighted by Gasteiger charge is 2.71. The van der Waals surface area contributed by atoms with Crippen molar-refractivity contribution in [2.75, 3.05) is 50.0 Å². The molecule has 6 heterocycles. The minimum atomic E-state index is -3.29. The number of nitriles is 1. The third kappa shape index (κ3) is 4.83. The molecule has 4 aromatic rings. The Kier molecular flexibility index (Phi) is 7.76. The van der Waals surface area contributed by atoms with Crippen LogP contribution in [0.15, 0.2) is 18.2 Å². The zero-order valence-electron chi connectivity index (χ0n) is 27.0. The minimum Gasteiger partial charge on any atom is -0.461 e. The number of amides is 2. The molecule has 4 aliphatic heterocycles. The van der Waals surface area contributed by atoms with Crippen LogP contribution < -0.4 is 21.2 Å². The summed E-state index contributed by atoms with van der Waals surface area (Å²) in [4.78, 5) is 26.9. The number of thiophene rings is 1. The number of nitrogens with zero attached hydrogens (tertiary/aromatic N) is 7. The lowest BCUT2D eigenvalue weighted by Gasteiger charge is -2.56. The number of rotatable bonds is 6. The number of anilines is 2. The van der Waals surface area contributed by atoms with Gasteiger partial charge in [0.2, 0.25) is 0 Å². The Bertz CT molecular complexity index is 2190. The molecule has 2 aromatic heterocycles. The Balaban J connectivity index is 1.27. The molecule has 2 aromatic carbocycles. The SMILES string of the molecule is N#Cc1c(N)sc2c(F)ccc(-c3c(Cl)cc4c(N5CCC6(C5)N(C(=O)N(N)C=N)CC6(F)F)nc(OCC56CCCN5CCC6)nc4c3F)c12. The molecule has 0 radical (unpaired) electrons. The summed E-state index contributed by atoms with van der Waals surface area (Å²) in [6.45, 7) is 0.832. The quantitative estimate of drug-likeness (QED) is 0.0561. The Labute approximate surface area is 297 Å². The van der Waals surface area contributed by atoms with Gasteiger partial charge in [0.05, 0.1) is 27.4 Å². The summed E-state index contributed by atoms with van der Waals surface area (Å²) >= 11 is 7.66. The maximum atomic E-state index is 17.1. The summed E-state index contributed by atoms with van der Waals surface area (Å²) in [5.41, 5.74) is 3.57. The Morgan fingerprint density at radius 3 is 2.61 bits per heavy atom. The molecule has 0 saturated carbocycles. The largest absolute Gasteiger partial charge is 0.461 e. The van der Waals surface area contributed by atoms with E-state index in [1.807, 2.05) is 6.07 Å². The first-order valence-corrected chi connectivity index (χ1v) is 17.5. The van der Waals surface area contributed by atoms with Crippen LogP contribution in [0.2, 0.25) is 5.02 Å². The van der Waals surface area contributed by atoms with Crippen LogP contribution in [0.25, 0.3) is 32.1 Å². The predicted octanol–water partition coefficient (Wildman–Crippen LogP) is 5.71. The molecule has 266 valence electrons. The van der Waals surface area contributed by atoms with Gasteiger partial charge in [-0.25, -0.2) is 33.2 Å². The number of carbonyl (C=O) groups is 1. The number of fused-ring (bicyclic) bond motifs is 3. The second-order valence-corrected chi connectivity index (χ2v) is 15.0. The van der Waals surface area contributed by atoms with E-state index in [9.17, 15) is 14.4 Å². The van der Waals surface area contributed by atoms with Crippen molar-refractivity contribution < 1.29 is 27.1 Å². The van der Waals surface area contributed by atoms with Crippen molar-refractivity contribution in [3.8, 4) is 23.2 Å². The average molecular weight is 743 g/mol. The van der Waals surface area contributed by atoms with Crippen LogP contribution in [0.5, 0.6) is 6.01 Å². The third-order valence-corrected chi connectivity index (χ3v) is 12.3. The number of nitrogens with one attached hydrogen (secondary N) is 1. The number of hydrazine groups is 1. The first-order chi connectivity index (χ1) is 24.3. The summed E-state index contributed by atoms with van der Waals surface area (Å²) in [5.74, 6) is 0.805. The van der Waals surface area contributed by atoms with Gasteiger partial charge in [-0.15, -0.1) is 11.3 Å². The van der Waals surface area contributed by atoms with E-state index in [1.54, 1.807) is 0 Å². The number of likely N-dealkylation sites (tertiary alicyclic amines) is 1. The zero-order valence-corrected chi connectivity index (χ0v) is 28.6. The maximum Gasteiger partial charge on any atom is 0.340 e. The van der Waals surface area contributed by atoms with Crippen LogP contribution in [-0.4, -0.2) is 93.5 Å². The average Bonchev–Trinajstić information content (AvgIpc) is 3.89. The number of benzene rings is 2. The molecule has 0 aliphatic carbocycles. The fraction of sp³-hybridized carbons (Fsp3) is 0.424. The zero-order chi connectivity index (χ0) is 36.0. The number of alkyl halides is 2. The van der Waals surface area contributed by atoms with Crippen molar-refractivity contribution in [2.45, 2.75) is 49.1 Å². The number of nitrogens with two attached hydrogens (primary N) is 2. The number of aromatic nitrogens is 2. The van der Waals surface area contributed by atoms with Crippen LogP contribution in [0.3, 0.4) is 0 Å². The van der Waals surface area contributed by atoms with Gasteiger partial charge in [0, 0.05) is 29.4 Å². The second-order valence-electron chi connectivity index (χ2n) is 13.5. The minimum absolute atomic E-state index is 0.00289. The van der Waals surface area contributed by atoms with Crippen LogP contribution >= 0.6 is 22.9 Å². The number of hydrogen-bond donors (Lipinski definition) is 3. The van der Waals surface area contributed by atoms with E-state index in [1.165, 1.54) is 17.0 Å². The fourth-order valence-corrected chi connectivity index (χ4v) is 9.67. The molecule has 12 nitrogen and oxygen atoms in total. The van der Waals surface area contributed by atoms with Crippen LogP contribution in [-0.2, 0) is 0 Å². The Morgan fingerprint density at radius 1 is 1.18 bits per heavy atom. The Morgan fingerprint density at radius 2 is 1.92 bits per heavy atom. The van der Waals surface area contributed by atoms with Gasteiger partial charge in [0.1, 0.15) is 46.7 Å². The highest BCUT2D eigenvalue weighted by Crippen LogP contribution is 2.52. The number of carbonyl (C=O) groups excluding carboxylic acids is 1. The van der Waals surface area contributed by atoms with Crippen LogP contribution in [0.4, 0.5) is 33.2 Å². The molecular weight excluding hydrogens is 712 g/mol. The number of nitrogen functional groups attached to an aromatic ring is 1. The number of ether oxygens (including phenoxy) is 1. The molecule has 51 heavy (non-hydrogen) atoms. The summed E-state index contributed by atoms with van der Waals surface area (Å²) in [5, 5.41) is 17.8. The lowest BCUT2D eigenvalue weighted by atomic mass is 9.80. The second kappa shape index (κ2) is 11.8. The van der Waals surface area contributed by atoms with Gasteiger partial charge >= 0.3 is 12.0 Å². The van der Waals surface area contributed by atoms with Crippen molar-refractivity contribution in [3.05, 3.63) is 40.4 Å². The topological polar surface area (TPSA) is 165 Å². The first-order valence-electron chi connectivity index (χ1n) is 16.3. The molecule has 1 spiro atoms. The molecule has 2 amide bonds. The van der Waals surface area contributed by atoms with E-state index < -0.39 is 35.7 Å². The van der Waals surface area contributed by atoms with Gasteiger partial charge < -0.3 is 20.3 Å². The first kappa shape index (κ1) is 33.6. The van der Waals surface area contributed by atoms with Gasteiger partial charge in [0.25, 0.3) is 5.92 Å². The smallest absolute Gasteiger partial charge is 0.340 e. The molecular formula is C33H31ClF4N10O2S. The molecule has 0 bridgehead atoms. The summed E-state index contributed by atoms with van der Waals surface area (Å²) in [7, 11) is 0. The number of halogens is 5. The highest BCUT2D eigenvalue weighted by molar-refractivity contribution is 7.23. The molecule has 1 atom stereocenters. The van der Waals surface area contributed by atoms with Crippen molar-refractivity contribution in [1.29, 1.82) is 10.7 Å². The van der Waals surface area contributed by atoms with E-state index >= 15 is 13.2 Å². The molecule has 4 saturated heterocycles. The van der Waals surface area contributed by atoms with Gasteiger partial charge in [0.15, 0.2) is 5.82 Å². The van der Waals surface area contributed by atoms with Gasteiger partial charge in [-0.2, -0.15) is 15.2 Å². The van der Waals surface area contributed by atoms with E-state index in [4.69, 9.17) is 33.3 Å². The van der Waals surface area contributed by atoms with E-state index in [-0.39, 0.29) is 91.2 Å². The predicted molar refractivity (Wildman–Crippen MR) is 184 cm³/mol. The normalized spacial score (nSPS) is 22.1. The number of urea groups is 1. The maximum absolute atomic E-state index is 17.1. The van der Waals surface area contributed by atoms with E-state index in [2.05, 4.69) is 14.9 Å². The lowest BCUT2D eigenvalue weighted by molar-refractivity contribution is -0.216. The third-order valence-electron chi connectivity index (χ3n) is 11.0. The van der Waals surface area contributed by atoms with Crippen molar-refractivity contribution >= 4 is 67.1 Å². The molecule has 5 N–H and O–H groups in total. The summed E-state index contributed by atoms with van der Waals surface area (Å²) in [6, 6.07) is 4.71. The molecule has 4 aliphatic rings. The van der Waals surface area contributed by atoms with Crippen molar-refractivity contribution in [3.63, 3.8) is 0 Å². The molecule has 18 heteroatoms. The van der Waals surface area contributed by atoms with Gasteiger partial charge in [-0.05, 0) is 62.9 Å². The summed E-state index contributed by atoms with van der Waals surface area (Å²) in [6.07, 6.45) is 4.20.